The molecule has 34 heavy (non-hydrogen) atoms. The van der Waals surface area contributed by atoms with Crippen molar-refractivity contribution in [3.05, 3.63) is 91.2 Å². The third-order valence-electron chi connectivity index (χ3n) is 5.27. The number of rotatable bonds is 8. The maximum atomic E-state index is 12.6. The fraction of sp³-hybridized carbons (Fsp3) is 0.192. The Morgan fingerprint density at radius 3 is 2.41 bits per heavy atom. The minimum atomic E-state index is -0.236. The Morgan fingerprint density at radius 1 is 1.03 bits per heavy atom. The molecule has 3 aromatic carbocycles. The summed E-state index contributed by atoms with van der Waals surface area (Å²) in [6, 6.07) is 19.9. The van der Waals surface area contributed by atoms with Crippen LogP contribution in [0, 0.1) is 0 Å². The average Bonchev–Trinajstić information content (AvgIpc) is 3.18. The number of carbonyl (C=O) groups excluding carboxylic acids is 1. The summed E-state index contributed by atoms with van der Waals surface area (Å²) in [7, 11) is 1.60. The van der Waals surface area contributed by atoms with E-state index in [-0.39, 0.29) is 11.4 Å². The van der Waals surface area contributed by atoms with Crippen molar-refractivity contribution in [3.8, 4) is 11.5 Å². The molecule has 1 aliphatic rings. The number of carbonyl (C=O) groups is 1. The molecule has 1 aliphatic heterocycles. The van der Waals surface area contributed by atoms with Crippen LogP contribution in [0.2, 0.25) is 0 Å². The minimum Gasteiger partial charge on any atom is -0.493 e. The number of hydrogen-bond donors (Lipinski definition) is 2. The van der Waals surface area contributed by atoms with Gasteiger partial charge in [0.05, 0.1) is 12.0 Å². The van der Waals surface area contributed by atoms with E-state index in [0.717, 1.165) is 32.2 Å². The third-order valence-corrected chi connectivity index (χ3v) is 7.51. The van der Waals surface area contributed by atoms with Crippen LogP contribution in [0.5, 0.6) is 11.5 Å². The summed E-state index contributed by atoms with van der Waals surface area (Å²) in [5, 5.41) is 6.32. The first-order valence-corrected chi connectivity index (χ1v) is 13.2. The van der Waals surface area contributed by atoms with Gasteiger partial charge in [-0.2, -0.15) is 0 Å². The summed E-state index contributed by atoms with van der Waals surface area (Å²) in [5.41, 5.74) is 3.89. The standard InChI is InChI=1S/C26H24Br2N2O3S/c1-3-16-6-10-20(11-7-16)29-26-30-25(31)24(34-26)13-18-12-22(32-2)23(14-21(18)28)33-15-17-4-8-19(27)9-5-17/h4-14,26,29H,3,15H2,1-2H3,(H,30,31)/b24-13-/t26-/m1/s1. The van der Waals surface area contributed by atoms with Crippen molar-refractivity contribution in [1.82, 2.24) is 5.32 Å². The second kappa shape index (κ2) is 11.3. The lowest BCUT2D eigenvalue weighted by molar-refractivity contribution is -0.116. The van der Waals surface area contributed by atoms with Gasteiger partial charge < -0.3 is 20.1 Å². The van der Waals surface area contributed by atoms with Crippen LogP contribution < -0.4 is 20.1 Å². The number of benzene rings is 3. The van der Waals surface area contributed by atoms with Crippen LogP contribution in [0.3, 0.4) is 0 Å². The quantitative estimate of drug-likeness (QED) is 0.273. The highest BCUT2D eigenvalue weighted by Gasteiger charge is 2.27. The largest absolute Gasteiger partial charge is 0.493 e. The number of methoxy groups -OCH3 is 1. The van der Waals surface area contributed by atoms with Crippen molar-refractivity contribution >= 4 is 61.3 Å². The first kappa shape index (κ1) is 24.7. The first-order chi connectivity index (χ1) is 16.4. The summed E-state index contributed by atoms with van der Waals surface area (Å²) in [6.45, 7) is 2.54. The SMILES string of the molecule is CCc1ccc(N[C@@H]2NC(=O)/C(=C/c3cc(OC)c(OCc4ccc(Br)cc4)cc3Br)S2)cc1. The molecule has 0 bridgehead atoms. The van der Waals surface area contributed by atoms with Gasteiger partial charge in [-0.15, -0.1) is 0 Å². The molecular weight excluding hydrogens is 580 g/mol. The molecule has 8 heteroatoms. The molecule has 1 atom stereocenters. The van der Waals surface area contributed by atoms with Crippen molar-refractivity contribution in [3.63, 3.8) is 0 Å². The molecule has 4 rings (SSSR count). The Kier molecular flexibility index (Phi) is 8.24. The van der Waals surface area contributed by atoms with Crippen LogP contribution in [0.4, 0.5) is 5.69 Å². The Hall–Kier alpha value is -2.42. The molecule has 0 spiro atoms. The first-order valence-electron chi connectivity index (χ1n) is 10.7. The van der Waals surface area contributed by atoms with Gasteiger partial charge in [0.25, 0.3) is 5.91 Å². The van der Waals surface area contributed by atoms with Crippen LogP contribution >= 0.6 is 43.6 Å². The molecule has 0 aromatic heterocycles. The van der Waals surface area contributed by atoms with E-state index < -0.39 is 0 Å². The molecule has 0 radical (unpaired) electrons. The highest BCUT2D eigenvalue weighted by atomic mass is 79.9. The average molecular weight is 604 g/mol. The predicted molar refractivity (Wildman–Crippen MR) is 146 cm³/mol. The molecule has 0 aliphatic carbocycles. The van der Waals surface area contributed by atoms with Crippen molar-refractivity contribution < 1.29 is 14.3 Å². The third kappa shape index (κ3) is 6.17. The topological polar surface area (TPSA) is 59.6 Å². The normalized spacial score (nSPS) is 16.4. The zero-order valence-electron chi connectivity index (χ0n) is 18.7. The van der Waals surface area contributed by atoms with Gasteiger partial charge in [0, 0.05) is 14.6 Å². The Morgan fingerprint density at radius 2 is 1.74 bits per heavy atom. The van der Waals surface area contributed by atoms with E-state index in [9.17, 15) is 4.79 Å². The van der Waals surface area contributed by atoms with Crippen molar-refractivity contribution in [1.29, 1.82) is 0 Å². The van der Waals surface area contributed by atoms with Gasteiger partial charge in [0.15, 0.2) is 17.0 Å². The van der Waals surface area contributed by atoms with Gasteiger partial charge in [-0.3, -0.25) is 4.79 Å². The second-order valence-electron chi connectivity index (χ2n) is 7.61. The molecule has 0 unspecified atom stereocenters. The van der Waals surface area contributed by atoms with Gasteiger partial charge in [-0.05, 0) is 65.6 Å². The van der Waals surface area contributed by atoms with Crippen molar-refractivity contribution in [2.75, 3.05) is 12.4 Å². The summed E-state index contributed by atoms with van der Waals surface area (Å²) >= 11 is 8.50. The molecule has 2 N–H and O–H groups in total. The number of aryl methyl sites for hydroxylation is 1. The molecule has 1 saturated heterocycles. The van der Waals surface area contributed by atoms with Gasteiger partial charge in [0.1, 0.15) is 6.61 Å². The van der Waals surface area contributed by atoms with Crippen molar-refractivity contribution in [2.24, 2.45) is 0 Å². The van der Waals surface area contributed by atoms with E-state index in [4.69, 9.17) is 9.47 Å². The molecule has 1 amide bonds. The zero-order chi connectivity index (χ0) is 24.1. The summed E-state index contributed by atoms with van der Waals surface area (Å²) < 4.78 is 13.4. The van der Waals surface area contributed by atoms with E-state index in [2.05, 4.69) is 61.5 Å². The second-order valence-corrected chi connectivity index (χ2v) is 10.5. The molecule has 5 nitrogen and oxygen atoms in total. The molecule has 176 valence electrons. The van der Waals surface area contributed by atoms with Gasteiger partial charge in [-0.25, -0.2) is 0 Å². The number of thioether (sulfide) groups is 1. The smallest absolute Gasteiger partial charge is 0.260 e. The van der Waals surface area contributed by atoms with Crippen molar-refractivity contribution in [2.45, 2.75) is 25.4 Å². The van der Waals surface area contributed by atoms with E-state index in [1.807, 2.05) is 54.6 Å². The Bertz CT molecular complexity index is 1200. The summed E-state index contributed by atoms with van der Waals surface area (Å²) in [5.74, 6) is 1.11. The van der Waals surface area contributed by atoms with Gasteiger partial charge in [-0.1, -0.05) is 74.8 Å². The fourth-order valence-corrected chi connectivity index (χ4v) is 5.05. The Labute approximate surface area is 220 Å². The number of anilines is 1. The number of hydrogen-bond acceptors (Lipinski definition) is 5. The Balaban J connectivity index is 1.46. The minimum absolute atomic E-state index is 0.117. The van der Waals surface area contributed by atoms with Crippen LogP contribution in [0.1, 0.15) is 23.6 Å². The summed E-state index contributed by atoms with van der Waals surface area (Å²) in [6.07, 6.45) is 2.85. The molecule has 3 aromatic rings. The number of ether oxygens (including phenoxy) is 2. The number of halogens is 2. The highest BCUT2D eigenvalue weighted by molar-refractivity contribution is 9.10. The van der Waals surface area contributed by atoms with Gasteiger partial charge >= 0.3 is 0 Å². The number of nitrogens with one attached hydrogen (secondary N) is 2. The van der Waals surface area contributed by atoms with E-state index in [0.29, 0.717) is 23.0 Å². The van der Waals surface area contributed by atoms with Crippen LogP contribution in [-0.2, 0) is 17.8 Å². The van der Waals surface area contributed by atoms with Crippen LogP contribution in [-0.4, -0.2) is 18.5 Å². The summed E-state index contributed by atoms with van der Waals surface area (Å²) in [4.78, 5) is 13.2. The molecular formula is C26H24Br2N2O3S. The monoisotopic (exact) mass is 602 g/mol. The van der Waals surface area contributed by atoms with Crippen LogP contribution in [0.25, 0.3) is 6.08 Å². The van der Waals surface area contributed by atoms with E-state index in [1.165, 1.54) is 17.3 Å². The number of amides is 1. The lowest BCUT2D eigenvalue weighted by atomic mass is 10.1. The van der Waals surface area contributed by atoms with E-state index in [1.54, 1.807) is 7.11 Å². The maximum absolute atomic E-state index is 12.6. The molecule has 0 saturated carbocycles. The predicted octanol–water partition coefficient (Wildman–Crippen LogP) is 6.96. The maximum Gasteiger partial charge on any atom is 0.260 e. The molecule has 1 fully saturated rings. The highest BCUT2D eigenvalue weighted by Crippen LogP contribution is 2.37. The van der Waals surface area contributed by atoms with E-state index >= 15 is 0 Å². The van der Waals surface area contributed by atoms with Crippen LogP contribution in [0.15, 0.2) is 74.5 Å². The lowest BCUT2D eigenvalue weighted by Crippen LogP contribution is -2.30. The molecule has 1 heterocycles. The lowest BCUT2D eigenvalue weighted by Gasteiger charge is -2.13. The zero-order valence-corrected chi connectivity index (χ0v) is 22.7. The fourth-order valence-electron chi connectivity index (χ4n) is 3.37. The van der Waals surface area contributed by atoms with Gasteiger partial charge in [0.2, 0.25) is 0 Å².